The Morgan fingerprint density at radius 2 is 1.74 bits per heavy atom. The van der Waals surface area contributed by atoms with Crippen LogP contribution in [0.2, 0.25) is 5.02 Å². The predicted molar refractivity (Wildman–Crippen MR) is 206 cm³/mol. The van der Waals surface area contributed by atoms with Gasteiger partial charge in [-0.1, -0.05) is 132 Å². The molecule has 0 bridgehead atoms. The van der Waals surface area contributed by atoms with Crippen LogP contribution in [-0.4, -0.2) is 19.7 Å². The minimum absolute atomic E-state index is 0.0661. The molecule has 3 nitrogen and oxygen atoms in total. The van der Waals surface area contributed by atoms with Crippen molar-refractivity contribution >= 4 is 11.6 Å². The van der Waals surface area contributed by atoms with Gasteiger partial charge in [0.25, 0.3) is 0 Å². The highest BCUT2D eigenvalue weighted by Crippen LogP contribution is 2.38. The van der Waals surface area contributed by atoms with Crippen molar-refractivity contribution < 1.29 is 4.74 Å². The number of benzene rings is 1. The third-order valence-electron chi connectivity index (χ3n) is 10.2. The minimum atomic E-state index is -0.0661. The molecule has 1 heterocycles. The number of halogens is 1. The lowest BCUT2D eigenvalue weighted by atomic mass is 9.73. The molecule has 6 atom stereocenters. The van der Waals surface area contributed by atoms with Crippen LogP contribution in [0.4, 0.5) is 0 Å². The van der Waals surface area contributed by atoms with Gasteiger partial charge in [0.2, 0.25) is 0 Å². The highest BCUT2D eigenvalue weighted by atomic mass is 35.5. The van der Waals surface area contributed by atoms with Gasteiger partial charge < -0.3 is 15.4 Å². The van der Waals surface area contributed by atoms with Gasteiger partial charge in [-0.25, -0.2) is 0 Å². The molecule has 1 aliphatic heterocycles. The number of nitrogens with one attached hydrogen (secondary N) is 2. The smallest absolute Gasteiger partial charge is 0.137 e. The summed E-state index contributed by atoms with van der Waals surface area (Å²) in [6.45, 7) is 30.8. The molecule has 4 heteroatoms. The molecular formula is C43H61ClN2O. The Morgan fingerprint density at radius 1 is 0.979 bits per heavy atom. The van der Waals surface area contributed by atoms with Gasteiger partial charge in [-0.2, -0.15) is 0 Å². The van der Waals surface area contributed by atoms with Crippen molar-refractivity contribution in [1.82, 2.24) is 10.6 Å². The Labute approximate surface area is 292 Å². The molecule has 0 spiro atoms. The Kier molecular flexibility index (Phi) is 15.5. The number of hydrogen-bond donors (Lipinski definition) is 2. The number of rotatable bonds is 9. The number of hydrogen-bond acceptors (Lipinski definition) is 3. The van der Waals surface area contributed by atoms with E-state index in [0.717, 1.165) is 62.0 Å². The SMILES string of the molecule is C=C1/C=C/C[C@@H](C(C)[C@H](C)CC2=CCC=CC=C2)CC(=C)C(CC(C)C)CC(=C)C(C)CNC(=C)[C@@H](Cc2ccc(OC)c(Cl)c2)N1. The van der Waals surface area contributed by atoms with Gasteiger partial charge in [0, 0.05) is 17.9 Å². The summed E-state index contributed by atoms with van der Waals surface area (Å²) in [6, 6.07) is 5.90. The molecule has 0 radical (unpaired) electrons. The molecule has 0 amide bonds. The van der Waals surface area contributed by atoms with Crippen molar-refractivity contribution in [1.29, 1.82) is 0 Å². The van der Waals surface area contributed by atoms with E-state index < -0.39 is 0 Å². The molecule has 1 aliphatic carbocycles. The second-order valence-corrected chi connectivity index (χ2v) is 14.9. The summed E-state index contributed by atoms with van der Waals surface area (Å²) >= 11 is 6.49. The van der Waals surface area contributed by atoms with E-state index in [0.29, 0.717) is 52.7 Å². The third-order valence-corrected chi connectivity index (χ3v) is 10.5. The van der Waals surface area contributed by atoms with E-state index in [9.17, 15) is 0 Å². The first-order valence-electron chi connectivity index (χ1n) is 17.6. The molecule has 0 fully saturated rings. The lowest BCUT2D eigenvalue weighted by Gasteiger charge is -2.33. The van der Waals surface area contributed by atoms with Crippen molar-refractivity contribution in [2.45, 2.75) is 85.6 Å². The first kappa shape index (κ1) is 38.3. The number of methoxy groups -OCH3 is 1. The molecule has 0 saturated heterocycles. The Morgan fingerprint density at radius 3 is 2.45 bits per heavy atom. The molecule has 1 aromatic carbocycles. The monoisotopic (exact) mass is 656 g/mol. The largest absolute Gasteiger partial charge is 0.495 e. The fraction of sp³-hybridized carbons (Fsp3) is 0.488. The van der Waals surface area contributed by atoms with Crippen LogP contribution in [-0.2, 0) is 6.42 Å². The Hall–Kier alpha value is -3.17. The van der Waals surface area contributed by atoms with Crippen LogP contribution < -0.4 is 15.4 Å². The normalized spacial score (nSPS) is 25.4. The average molecular weight is 657 g/mol. The number of ether oxygens (including phenoxy) is 1. The van der Waals surface area contributed by atoms with Crippen LogP contribution in [0.3, 0.4) is 0 Å². The summed E-state index contributed by atoms with van der Waals surface area (Å²) in [7, 11) is 1.64. The molecule has 0 saturated carbocycles. The average Bonchev–Trinajstić information content (AvgIpc) is 3.29. The van der Waals surface area contributed by atoms with E-state index >= 15 is 0 Å². The van der Waals surface area contributed by atoms with Crippen molar-refractivity contribution in [2.24, 2.45) is 35.5 Å². The van der Waals surface area contributed by atoms with Crippen LogP contribution in [0.25, 0.3) is 0 Å². The fourth-order valence-electron chi connectivity index (χ4n) is 6.81. The lowest BCUT2D eigenvalue weighted by molar-refractivity contribution is 0.252. The molecule has 2 aliphatic rings. The van der Waals surface area contributed by atoms with Gasteiger partial charge in [-0.05, 0) is 104 Å². The van der Waals surface area contributed by atoms with E-state index in [1.807, 2.05) is 12.1 Å². The topological polar surface area (TPSA) is 33.3 Å². The quantitative estimate of drug-likeness (QED) is 0.259. The highest BCUT2D eigenvalue weighted by Gasteiger charge is 2.27. The lowest BCUT2D eigenvalue weighted by Crippen LogP contribution is -2.38. The van der Waals surface area contributed by atoms with Crippen molar-refractivity contribution in [3.05, 3.63) is 126 Å². The third kappa shape index (κ3) is 12.4. The van der Waals surface area contributed by atoms with E-state index in [1.165, 1.54) is 16.7 Å². The second-order valence-electron chi connectivity index (χ2n) is 14.5. The molecule has 0 aromatic heterocycles. The molecule has 47 heavy (non-hydrogen) atoms. The fourth-order valence-corrected chi connectivity index (χ4v) is 7.09. The maximum absolute atomic E-state index is 6.49. The molecule has 3 unspecified atom stereocenters. The minimum Gasteiger partial charge on any atom is -0.495 e. The predicted octanol–water partition coefficient (Wildman–Crippen LogP) is 11.3. The van der Waals surface area contributed by atoms with Crippen LogP contribution in [0, 0.1) is 35.5 Å². The van der Waals surface area contributed by atoms with Crippen LogP contribution >= 0.6 is 11.6 Å². The summed E-state index contributed by atoms with van der Waals surface area (Å²) in [5.41, 5.74) is 7.00. The summed E-state index contributed by atoms with van der Waals surface area (Å²) in [6.07, 6.45) is 22.6. The zero-order valence-corrected chi connectivity index (χ0v) is 30.8. The maximum atomic E-state index is 6.49. The van der Waals surface area contributed by atoms with Gasteiger partial charge in [0.1, 0.15) is 5.75 Å². The standard InChI is InChI=1S/C43H61ClN2O/c1-29(2)22-40-24-30(3)33(6)28-45-36(9)42(27-38-20-21-43(47-10)41(44)26-38)46-34(7)16-15-19-39(25-32(40)5)35(8)31(4)23-37-17-13-11-12-14-18-37/h11-13,15-18,20-21,26,29,31,33,35,39-40,42,45-46H,3,5,7,9,14,19,22-25,27-28H2,1-2,4,6,8,10H3/b16-15+/t31-,33?,35?,39-,40?,42-/m1/s1. The highest BCUT2D eigenvalue weighted by molar-refractivity contribution is 6.32. The van der Waals surface area contributed by atoms with E-state index in [-0.39, 0.29) is 6.04 Å². The van der Waals surface area contributed by atoms with Crippen LogP contribution in [0.5, 0.6) is 5.75 Å². The van der Waals surface area contributed by atoms with Gasteiger partial charge in [0.05, 0.1) is 18.2 Å². The molecule has 2 N–H and O–H groups in total. The summed E-state index contributed by atoms with van der Waals surface area (Å²) in [4.78, 5) is 0. The Balaban J connectivity index is 1.89. The molecule has 1 aromatic rings. The van der Waals surface area contributed by atoms with Crippen molar-refractivity contribution in [2.75, 3.05) is 13.7 Å². The van der Waals surface area contributed by atoms with Crippen molar-refractivity contribution in [3.63, 3.8) is 0 Å². The maximum Gasteiger partial charge on any atom is 0.137 e. The molecule has 3 rings (SSSR count). The molecular weight excluding hydrogens is 596 g/mol. The van der Waals surface area contributed by atoms with Gasteiger partial charge in [-0.3, -0.25) is 0 Å². The van der Waals surface area contributed by atoms with Gasteiger partial charge >= 0.3 is 0 Å². The first-order chi connectivity index (χ1) is 22.4. The summed E-state index contributed by atoms with van der Waals surface area (Å²) in [5, 5.41) is 7.90. The first-order valence-corrected chi connectivity index (χ1v) is 18.0. The van der Waals surface area contributed by atoms with E-state index in [2.05, 4.69) is 114 Å². The number of allylic oxidation sites excluding steroid dienone is 9. The van der Waals surface area contributed by atoms with Gasteiger partial charge in [-0.15, -0.1) is 0 Å². The summed E-state index contributed by atoms with van der Waals surface area (Å²) in [5.74, 6) is 3.56. The second kappa shape index (κ2) is 19.0. The van der Waals surface area contributed by atoms with E-state index in [1.54, 1.807) is 7.11 Å². The Bertz CT molecular complexity index is 1360. The van der Waals surface area contributed by atoms with Crippen LogP contribution in [0.15, 0.2) is 115 Å². The van der Waals surface area contributed by atoms with Crippen molar-refractivity contribution in [3.8, 4) is 5.75 Å². The van der Waals surface area contributed by atoms with Gasteiger partial charge in [0.15, 0.2) is 0 Å². The zero-order chi connectivity index (χ0) is 34.5. The van der Waals surface area contributed by atoms with E-state index in [4.69, 9.17) is 22.9 Å². The zero-order valence-electron chi connectivity index (χ0n) is 30.1. The summed E-state index contributed by atoms with van der Waals surface area (Å²) < 4.78 is 5.38. The van der Waals surface area contributed by atoms with Crippen LogP contribution in [0.1, 0.15) is 78.7 Å². The molecule has 256 valence electrons.